The molecule has 3 aliphatic rings. The van der Waals surface area contributed by atoms with Crippen molar-refractivity contribution in [3.63, 3.8) is 0 Å². The van der Waals surface area contributed by atoms with Gasteiger partial charge in [0.25, 0.3) is 0 Å². The summed E-state index contributed by atoms with van der Waals surface area (Å²) < 4.78 is 0. The molecule has 3 heterocycles. The predicted molar refractivity (Wildman–Crippen MR) is 99.7 cm³/mol. The number of fused-ring (bicyclic) bond motifs is 3. The van der Waals surface area contributed by atoms with Gasteiger partial charge in [-0.25, -0.2) is 0 Å². The molecule has 0 saturated carbocycles. The van der Waals surface area contributed by atoms with E-state index >= 15 is 0 Å². The number of hydrogen-bond acceptors (Lipinski definition) is 1. The van der Waals surface area contributed by atoms with Crippen LogP contribution in [0.3, 0.4) is 0 Å². The van der Waals surface area contributed by atoms with Crippen LogP contribution in [-0.4, -0.2) is 30.8 Å². The van der Waals surface area contributed by atoms with Crippen LogP contribution in [0.25, 0.3) is 0 Å². The van der Waals surface area contributed by atoms with Crippen molar-refractivity contribution in [2.45, 2.75) is 32.7 Å². The highest BCUT2D eigenvalue weighted by atomic mass is 32.1. The predicted octanol–water partition coefficient (Wildman–Crippen LogP) is 1.52. The van der Waals surface area contributed by atoms with E-state index < -0.39 is 0 Å². The van der Waals surface area contributed by atoms with E-state index in [9.17, 15) is 0 Å². The average molecular weight is 329 g/mol. The molecule has 1 aromatic carbocycles. The number of anilines is 1. The van der Waals surface area contributed by atoms with E-state index in [1.54, 1.807) is 4.90 Å². The molecule has 3 fully saturated rings. The summed E-state index contributed by atoms with van der Waals surface area (Å²) in [6, 6.07) is 7.04. The van der Waals surface area contributed by atoms with E-state index in [0.717, 1.165) is 18.8 Å². The van der Waals surface area contributed by atoms with Gasteiger partial charge < -0.3 is 15.5 Å². The Bertz CT molecular complexity index is 614. The maximum absolute atomic E-state index is 5.66. The normalized spacial score (nSPS) is 28.9. The smallest absolute Gasteiger partial charge is 0.170 e. The molecule has 4 heteroatoms. The fourth-order valence-electron chi connectivity index (χ4n) is 4.17. The molecule has 122 valence electrons. The second-order valence-electron chi connectivity index (χ2n) is 7.08. The summed E-state index contributed by atoms with van der Waals surface area (Å²) in [5, 5.41) is 7.42. The zero-order valence-electron chi connectivity index (χ0n) is 14.0. The lowest BCUT2D eigenvalue weighted by atomic mass is 9.76. The molecule has 0 aliphatic carbocycles. The fraction of sp³-hybridized carbons (Fsp3) is 0.526. The molecule has 3 saturated heterocycles. The molecule has 4 atom stereocenters. The quantitative estimate of drug-likeness (QED) is 0.580. The van der Waals surface area contributed by atoms with E-state index in [4.69, 9.17) is 18.6 Å². The number of quaternary nitrogens is 1. The van der Waals surface area contributed by atoms with Crippen LogP contribution in [0.5, 0.6) is 0 Å². The van der Waals surface area contributed by atoms with Gasteiger partial charge in [-0.1, -0.05) is 12.0 Å². The molecule has 23 heavy (non-hydrogen) atoms. The van der Waals surface area contributed by atoms with E-state index in [-0.39, 0.29) is 0 Å². The average Bonchev–Trinajstić information content (AvgIpc) is 2.52. The van der Waals surface area contributed by atoms with Crippen molar-refractivity contribution in [1.82, 2.24) is 5.32 Å². The molecule has 3 N–H and O–H groups in total. The second kappa shape index (κ2) is 6.90. The van der Waals surface area contributed by atoms with Gasteiger partial charge >= 0.3 is 0 Å². The highest BCUT2D eigenvalue weighted by molar-refractivity contribution is 7.80. The Morgan fingerprint density at radius 3 is 2.70 bits per heavy atom. The number of rotatable bonds is 3. The summed E-state index contributed by atoms with van der Waals surface area (Å²) in [5.41, 5.74) is 3.55. The van der Waals surface area contributed by atoms with Gasteiger partial charge in [0.2, 0.25) is 0 Å². The van der Waals surface area contributed by atoms with E-state index in [1.807, 2.05) is 0 Å². The molecule has 0 radical (unpaired) electrons. The minimum absolute atomic E-state index is 0.482. The minimum atomic E-state index is 0.482. The minimum Gasteiger partial charge on any atom is -0.356 e. The van der Waals surface area contributed by atoms with Crippen LogP contribution in [0.4, 0.5) is 5.69 Å². The molecule has 1 aromatic rings. The second-order valence-corrected chi connectivity index (χ2v) is 7.49. The Hall–Kier alpha value is -1.57. The first-order chi connectivity index (χ1) is 11.0. The van der Waals surface area contributed by atoms with Crippen molar-refractivity contribution in [3.05, 3.63) is 29.3 Å². The Morgan fingerprint density at radius 1 is 1.35 bits per heavy atom. The monoisotopic (exact) mass is 328 g/mol. The first-order valence-corrected chi connectivity index (χ1v) is 8.90. The summed E-state index contributed by atoms with van der Waals surface area (Å²) in [6.45, 7) is 7.52. The van der Waals surface area contributed by atoms with Crippen molar-refractivity contribution < 1.29 is 4.90 Å². The number of aryl methyl sites for hydroxylation is 2. The topological polar surface area (TPSA) is 28.5 Å². The lowest BCUT2D eigenvalue weighted by Crippen LogP contribution is -3.20. The van der Waals surface area contributed by atoms with Gasteiger partial charge in [0.15, 0.2) is 5.11 Å². The van der Waals surface area contributed by atoms with Gasteiger partial charge in [0, 0.05) is 18.5 Å². The van der Waals surface area contributed by atoms with Crippen LogP contribution < -0.4 is 15.5 Å². The lowest BCUT2D eigenvalue weighted by Gasteiger charge is -2.45. The van der Waals surface area contributed by atoms with Gasteiger partial charge in [0.05, 0.1) is 25.6 Å². The summed E-state index contributed by atoms with van der Waals surface area (Å²) in [6.07, 6.45) is 8.17. The molecule has 3 nitrogen and oxygen atoms in total. The SMILES string of the molecule is C#C[C@H]1C[NH+]2CC[C@H]1C[C@@H]2CNC(=S)Nc1cc(C)cc(C)c1. The van der Waals surface area contributed by atoms with E-state index in [2.05, 4.69) is 48.6 Å². The summed E-state index contributed by atoms with van der Waals surface area (Å²) >= 11 is 5.46. The van der Waals surface area contributed by atoms with Gasteiger partial charge in [-0.05, 0) is 55.2 Å². The Balaban J connectivity index is 1.51. The molecular formula is C19H26N3S+. The Kier molecular flexibility index (Phi) is 4.89. The van der Waals surface area contributed by atoms with Crippen LogP contribution in [0, 0.1) is 38.0 Å². The summed E-state index contributed by atoms with van der Waals surface area (Å²) in [4.78, 5) is 1.65. The standard InChI is InChI=1S/C19H25N3S/c1-4-15-12-22-6-5-16(15)10-18(22)11-20-19(23)21-17-8-13(2)7-14(3)9-17/h1,7-9,15-16,18H,5-6,10-12H2,2-3H3,(H2,20,21,23)/p+1/t15-,16-,18+/m0/s1. The summed E-state index contributed by atoms with van der Waals surface area (Å²) in [7, 11) is 0. The van der Waals surface area contributed by atoms with Crippen molar-refractivity contribution in [2.24, 2.45) is 11.8 Å². The highest BCUT2D eigenvalue weighted by Gasteiger charge is 2.42. The van der Waals surface area contributed by atoms with Crippen LogP contribution in [0.1, 0.15) is 24.0 Å². The fourth-order valence-corrected chi connectivity index (χ4v) is 4.37. The number of benzene rings is 1. The van der Waals surface area contributed by atoms with Crippen molar-refractivity contribution in [2.75, 3.05) is 25.0 Å². The zero-order valence-corrected chi connectivity index (χ0v) is 14.8. The van der Waals surface area contributed by atoms with E-state index in [0.29, 0.717) is 23.0 Å². The molecule has 0 spiro atoms. The highest BCUT2D eigenvalue weighted by Crippen LogP contribution is 2.26. The maximum Gasteiger partial charge on any atom is 0.170 e. The van der Waals surface area contributed by atoms with Crippen LogP contribution in [0.2, 0.25) is 0 Å². The van der Waals surface area contributed by atoms with Gasteiger partial charge in [-0.2, -0.15) is 0 Å². The summed E-state index contributed by atoms with van der Waals surface area (Å²) in [5.74, 6) is 4.18. The molecule has 1 unspecified atom stereocenters. The van der Waals surface area contributed by atoms with Crippen LogP contribution >= 0.6 is 12.2 Å². The molecule has 3 aliphatic heterocycles. The van der Waals surface area contributed by atoms with Crippen molar-refractivity contribution >= 4 is 23.0 Å². The van der Waals surface area contributed by atoms with E-state index in [1.165, 1.54) is 30.5 Å². The maximum atomic E-state index is 5.66. The zero-order chi connectivity index (χ0) is 16.4. The van der Waals surface area contributed by atoms with Crippen molar-refractivity contribution in [3.8, 4) is 12.3 Å². The van der Waals surface area contributed by atoms with Gasteiger partial charge in [-0.3, -0.25) is 0 Å². The number of thiocarbonyl (C=S) groups is 1. The Labute approximate surface area is 144 Å². The third kappa shape index (κ3) is 3.85. The molecular weight excluding hydrogens is 302 g/mol. The lowest BCUT2D eigenvalue weighted by molar-refractivity contribution is -0.943. The van der Waals surface area contributed by atoms with Crippen molar-refractivity contribution in [1.29, 1.82) is 0 Å². The number of piperidine rings is 3. The molecule has 2 bridgehead atoms. The number of hydrogen-bond donors (Lipinski definition) is 3. The number of nitrogens with one attached hydrogen (secondary N) is 3. The third-order valence-corrected chi connectivity index (χ3v) is 5.50. The molecule has 0 aromatic heterocycles. The van der Waals surface area contributed by atoms with Gasteiger partial charge in [0.1, 0.15) is 6.04 Å². The molecule has 4 rings (SSSR count). The first kappa shape index (κ1) is 16.3. The number of terminal acetylenes is 1. The third-order valence-electron chi connectivity index (χ3n) is 5.25. The molecule has 0 amide bonds. The van der Waals surface area contributed by atoms with Crippen LogP contribution in [0.15, 0.2) is 18.2 Å². The first-order valence-electron chi connectivity index (χ1n) is 8.49. The van der Waals surface area contributed by atoms with Gasteiger partial charge in [-0.15, -0.1) is 6.42 Å². The van der Waals surface area contributed by atoms with Crippen LogP contribution in [-0.2, 0) is 0 Å². The Morgan fingerprint density at radius 2 is 2.09 bits per heavy atom. The largest absolute Gasteiger partial charge is 0.356 e.